The number of aliphatic hydroxyl groups excluding tert-OH is 1. The summed E-state index contributed by atoms with van der Waals surface area (Å²) in [5, 5.41) is 21.4. The van der Waals surface area contributed by atoms with Crippen molar-refractivity contribution in [1.29, 1.82) is 0 Å². The van der Waals surface area contributed by atoms with Crippen LogP contribution < -0.4 is 9.64 Å². The molecule has 0 spiro atoms. The molecule has 5 rings (SSSR count). The Bertz CT molecular complexity index is 1490. The number of ether oxygens (including phenoxy) is 1. The quantitative estimate of drug-likeness (QED) is 0.225. The van der Waals surface area contributed by atoms with E-state index in [2.05, 4.69) is 4.98 Å². The monoisotopic (exact) mass is 486 g/mol. The standard InChI is InChI=1S/C27H22N2O5S/c1-3-34-19-6-4-5-17(14-19)24(31)22-23(16-8-10-18(30)11-9-16)29(26(33)25(22)32)27-28-20-12-7-15(2)13-21(20)35-27/h4-14,23,30-31H,3H2,1-2H3. The van der Waals surface area contributed by atoms with E-state index in [-0.39, 0.29) is 17.1 Å². The molecule has 1 atom stereocenters. The number of aliphatic hydroxyl groups is 1. The minimum Gasteiger partial charge on any atom is -0.508 e. The van der Waals surface area contributed by atoms with Crippen molar-refractivity contribution < 1.29 is 24.5 Å². The predicted octanol–water partition coefficient (Wildman–Crippen LogP) is 5.34. The topological polar surface area (TPSA) is 100.0 Å². The molecule has 0 saturated carbocycles. The maximum Gasteiger partial charge on any atom is 0.301 e. The number of anilines is 1. The van der Waals surface area contributed by atoms with Crippen LogP contribution in [0.15, 0.2) is 72.3 Å². The van der Waals surface area contributed by atoms with Crippen LogP contribution in [-0.2, 0) is 9.59 Å². The number of Topliss-reactive ketones (excluding diaryl/α,β-unsaturated/α-hetero) is 1. The lowest BCUT2D eigenvalue weighted by Gasteiger charge is -2.23. The number of phenolic OH excluding ortho intramolecular Hbond substituents is 1. The van der Waals surface area contributed by atoms with Gasteiger partial charge in [0, 0.05) is 5.56 Å². The van der Waals surface area contributed by atoms with Gasteiger partial charge in [0.1, 0.15) is 17.3 Å². The van der Waals surface area contributed by atoms with Crippen molar-refractivity contribution in [2.75, 3.05) is 11.5 Å². The lowest BCUT2D eigenvalue weighted by molar-refractivity contribution is -0.132. The zero-order chi connectivity index (χ0) is 24.7. The average Bonchev–Trinajstić information content (AvgIpc) is 3.37. The number of nitrogens with zero attached hydrogens (tertiary/aromatic N) is 2. The van der Waals surface area contributed by atoms with Gasteiger partial charge in [-0.2, -0.15) is 0 Å². The largest absolute Gasteiger partial charge is 0.508 e. The summed E-state index contributed by atoms with van der Waals surface area (Å²) in [5.74, 6) is -1.30. The summed E-state index contributed by atoms with van der Waals surface area (Å²) >= 11 is 1.30. The Morgan fingerprint density at radius 2 is 1.86 bits per heavy atom. The fourth-order valence-corrected chi connectivity index (χ4v) is 5.27. The SMILES string of the molecule is CCOc1cccc(C(O)=C2C(=O)C(=O)N(c3nc4ccc(C)cc4s3)C2c2ccc(O)cc2)c1. The van der Waals surface area contributed by atoms with Gasteiger partial charge in [-0.1, -0.05) is 41.7 Å². The maximum absolute atomic E-state index is 13.3. The third kappa shape index (κ3) is 4.02. The van der Waals surface area contributed by atoms with Gasteiger partial charge in [-0.3, -0.25) is 14.5 Å². The Labute approximate surface area is 205 Å². The van der Waals surface area contributed by atoms with Gasteiger partial charge < -0.3 is 14.9 Å². The van der Waals surface area contributed by atoms with Gasteiger partial charge in [-0.15, -0.1) is 0 Å². The van der Waals surface area contributed by atoms with Gasteiger partial charge in [0.25, 0.3) is 5.78 Å². The Balaban J connectivity index is 1.71. The molecule has 7 nitrogen and oxygen atoms in total. The van der Waals surface area contributed by atoms with E-state index in [4.69, 9.17) is 4.74 Å². The van der Waals surface area contributed by atoms with E-state index in [0.29, 0.717) is 34.1 Å². The molecule has 1 fully saturated rings. The summed E-state index contributed by atoms with van der Waals surface area (Å²) in [4.78, 5) is 32.6. The first kappa shape index (κ1) is 22.6. The minimum atomic E-state index is -0.923. The number of phenols is 1. The number of amides is 1. The number of ketones is 1. The number of rotatable bonds is 5. The number of benzene rings is 3. The predicted molar refractivity (Wildman–Crippen MR) is 135 cm³/mol. The van der Waals surface area contributed by atoms with Gasteiger partial charge >= 0.3 is 5.91 Å². The molecule has 35 heavy (non-hydrogen) atoms. The average molecular weight is 487 g/mol. The van der Waals surface area contributed by atoms with Crippen molar-refractivity contribution >= 4 is 44.1 Å². The maximum atomic E-state index is 13.3. The Kier molecular flexibility index (Phi) is 5.74. The van der Waals surface area contributed by atoms with Crippen LogP contribution >= 0.6 is 11.3 Å². The zero-order valence-electron chi connectivity index (χ0n) is 19.1. The molecule has 4 aromatic rings. The van der Waals surface area contributed by atoms with Crippen LogP contribution in [0.25, 0.3) is 16.0 Å². The summed E-state index contributed by atoms with van der Waals surface area (Å²) < 4.78 is 6.42. The molecule has 1 saturated heterocycles. The summed E-state index contributed by atoms with van der Waals surface area (Å²) in [6, 6.07) is 17.8. The second-order valence-electron chi connectivity index (χ2n) is 8.19. The highest BCUT2D eigenvalue weighted by Gasteiger charge is 2.48. The van der Waals surface area contributed by atoms with E-state index in [1.807, 2.05) is 32.0 Å². The number of aromatic nitrogens is 1. The molecule has 1 aliphatic rings. The van der Waals surface area contributed by atoms with Crippen LogP contribution in [0.4, 0.5) is 5.13 Å². The van der Waals surface area contributed by atoms with Gasteiger partial charge in [-0.05, 0) is 61.4 Å². The number of carbonyl (C=O) groups excluding carboxylic acids is 2. The molecule has 1 amide bonds. The van der Waals surface area contributed by atoms with Gasteiger partial charge in [0.05, 0.1) is 28.4 Å². The summed E-state index contributed by atoms with van der Waals surface area (Å²) in [7, 11) is 0. The van der Waals surface area contributed by atoms with E-state index in [1.54, 1.807) is 36.4 Å². The first-order chi connectivity index (χ1) is 16.9. The van der Waals surface area contributed by atoms with Crippen LogP contribution in [0, 0.1) is 6.92 Å². The van der Waals surface area contributed by atoms with Crippen molar-refractivity contribution in [3.8, 4) is 11.5 Å². The molecule has 0 bridgehead atoms. The van der Waals surface area contributed by atoms with E-state index in [0.717, 1.165) is 10.3 Å². The summed E-state index contributed by atoms with van der Waals surface area (Å²) in [6.07, 6.45) is 0. The normalized spacial score (nSPS) is 17.3. The molecular formula is C27H22N2O5S. The van der Waals surface area contributed by atoms with E-state index >= 15 is 0 Å². The van der Waals surface area contributed by atoms with Crippen molar-refractivity contribution in [1.82, 2.24) is 4.98 Å². The third-order valence-corrected chi connectivity index (χ3v) is 6.83. The molecule has 1 aliphatic heterocycles. The van der Waals surface area contributed by atoms with Crippen molar-refractivity contribution in [3.63, 3.8) is 0 Å². The number of carbonyl (C=O) groups is 2. The summed E-state index contributed by atoms with van der Waals surface area (Å²) in [6.45, 7) is 4.26. The number of thiazole rings is 1. The van der Waals surface area contributed by atoms with Crippen LogP contribution in [0.5, 0.6) is 11.5 Å². The van der Waals surface area contributed by atoms with E-state index in [1.165, 1.54) is 28.4 Å². The highest BCUT2D eigenvalue weighted by Crippen LogP contribution is 2.44. The fourth-order valence-electron chi connectivity index (χ4n) is 4.18. The van der Waals surface area contributed by atoms with Crippen molar-refractivity contribution in [3.05, 3.63) is 89.0 Å². The zero-order valence-corrected chi connectivity index (χ0v) is 19.9. The molecule has 2 heterocycles. The number of fused-ring (bicyclic) bond motifs is 1. The van der Waals surface area contributed by atoms with Crippen molar-refractivity contribution in [2.24, 2.45) is 0 Å². The smallest absolute Gasteiger partial charge is 0.301 e. The van der Waals surface area contributed by atoms with Gasteiger partial charge in [0.15, 0.2) is 5.13 Å². The third-order valence-electron chi connectivity index (χ3n) is 5.81. The molecular weight excluding hydrogens is 464 g/mol. The van der Waals surface area contributed by atoms with Crippen LogP contribution in [-0.4, -0.2) is 33.5 Å². The molecule has 1 unspecified atom stereocenters. The second-order valence-corrected chi connectivity index (χ2v) is 9.20. The Morgan fingerprint density at radius 1 is 1.09 bits per heavy atom. The number of hydrogen-bond donors (Lipinski definition) is 2. The van der Waals surface area contributed by atoms with E-state index in [9.17, 15) is 19.8 Å². The molecule has 176 valence electrons. The van der Waals surface area contributed by atoms with Gasteiger partial charge in [0.2, 0.25) is 0 Å². The van der Waals surface area contributed by atoms with Crippen molar-refractivity contribution in [2.45, 2.75) is 19.9 Å². The number of aryl methyl sites for hydroxylation is 1. The lowest BCUT2D eigenvalue weighted by Crippen LogP contribution is -2.29. The minimum absolute atomic E-state index is 0.0468. The number of hydrogen-bond acceptors (Lipinski definition) is 7. The first-order valence-electron chi connectivity index (χ1n) is 11.1. The summed E-state index contributed by atoms with van der Waals surface area (Å²) in [5.41, 5.74) is 2.63. The van der Waals surface area contributed by atoms with Gasteiger partial charge in [-0.25, -0.2) is 4.98 Å². The highest BCUT2D eigenvalue weighted by molar-refractivity contribution is 7.22. The molecule has 3 aromatic carbocycles. The Morgan fingerprint density at radius 3 is 2.60 bits per heavy atom. The molecule has 1 aromatic heterocycles. The molecule has 2 N–H and O–H groups in total. The molecule has 0 aliphatic carbocycles. The highest BCUT2D eigenvalue weighted by atomic mass is 32.1. The molecule has 0 radical (unpaired) electrons. The second kappa shape index (κ2) is 8.88. The van der Waals surface area contributed by atoms with E-state index < -0.39 is 17.7 Å². The Hall–Kier alpha value is -4.17. The van der Waals surface area contributed by atoms with Crippen LogP contribution in [0.2, 0.25) is 0 Å². The lowest BCUT2D eigenvalue weighted by atomic mass is 9.95. The fraction of sp³-hybridized carbons (Fsp3) is 0.148. The van der Waals surface area contributed by atoms with Crippen LogP contribution in [0.1, 0.15) is 29.7 Å². The molecule has 8 heteroatoms. The van der Waals surface area contributed by atoms with Crippen LogP contribution in [0.3, 0.4) is 0 Å². The number of aromatic hydroxyl groups is 1. The first-order valence-corrected chi connectivity index (χ1v) is 11.9.